The molecule has 1 atom stereocenters. The number of nitrogens with one attached hydrogen (secondary N) is 1. The van der Waals surface area contributed by atoms with Crippen molar-refractivity contribution in [2.45, 2.75) is 45.2 Å². The van der Waals surface area contributed by atoms with Gasteiger partial charge >= 0.3 is 6.03 Å². The van der Waals surface area contributed by atoms with Gasteiger partial charge in [-0.15, -0.1) is 0 Å². The highest BCUT2D eigenvalue weighted by Crippen LogP contribution is 2.19. The predicted octanol–water partition coefficient (Wildman–Crippen LogP) is 0.413. The molecule has 0 bridgehead atoms. The normalized spacial score (nSPS) is 22.2. The maximum Gasteiger partial charge on any atom is 0.314 e. The van der Waals surface area contributed by atoms with E-state index in [1.807, 2.05) is 13.1 Å². The molecule has 0 aliphatic carbocycles. The monoisotopic (exact) mass is 305 g/mol. The minimum atomic E-state index is -0.394. The van der Waals surface area contributed by atoms with Gasteiger partial charge in [0.15, 0.2) is 0 Å². The summed E-state index contributed by atoms with van der Waals surface area (Å²) in [7, 11) is 0. The number of carbonyl (C=O) groups excluding carboxylic acids is 2. The molecule has 0 radical (unpaired) electrons. The lowest BCUT2D eigenvalue weighted by molar-refractivity contribution is -0.127. The molecule has 7 heteroatoms. The van der Waals surface area contributed by atoms with E-state index < -0.39 is 6.03 Å². The molecule has 120 valence electrons. The number of nitrogens with zero attached hydrogens (tertiary/aromatic N) is 3. The summed E-state index contributed by atoms with van der Waals surface area (Å²) in [4.78, 5) is 29.6. The summed E-state index contributed by atoms with van der Waals surface area (Å²) < 4.78 is 2.14. The Morgan fingerprint density at radius 1 is 1.32 bits per heavy atom. The third-order valence-corrected chi connectivity index (χ3v) is 4.64. The zero-order valence-corrected chi connectivity index (χ0v) is 12.9. The van der Waals surface area contributed by atoms with Crippen LogP contribution in [0.5, 0.6) is 0 Å². The molecule has 0 saturated carbocycles. The van der Waals surface area contributed by atoms with Crippen LogP contribution in [0.3, 0.4) is 0 Å². The van der Waals surface area contributed by atoms with Gasteiger partial charge in [-0.2, -0.15) is 0 Å². The second-order valence-electron chi connectivity index (χ2n) is 6.29. The maximum absolute atomic E-state index is 12.4. The first-order valence-corrected chi connectivity index (χ1v) is 7.90. The van der Waals surface area contributed by atoms with E-state index in [0.29, 0.717) is 25.9 Å². The Kier molecular flexibility index (Phi) is 4.04. The molecule has 1 fully saturated rings. The molecular formula is C15H23N5O2. The zero-order chi connectivity index (χ0) is 15.7. The lowest BCUT2D eigenvalue weighted by Gasteiger charge is -2.32. The van der Waals surface area contributed by atoms with Crippen molar-refractivity contribution in [1.82, 2.24) is 19.8 Å². The maximum atomic E-state index is 12.4. The highest BCUT2D eigenvalue weighted by atomic mass is 16.2. The van der Waals surface area contributed by atoms with Crippen molar-refractivity contribution >= 4 is 11.9 Å². The van der Waals surface area contributed by atoms with E-state index in [0.717, 1.165) is 30.9 Å². The molecule has 3 amide bonds. The van der Waals surface area contributed by atoms with Crippen LogP contribution in [-0.4, -0.2) is 45.5 Å². The molecule has 2 aliphatic rings. The first-order chi connectivity index (χ1) is 10.5. The Morgan fingerprint density at radius 3 is 2.73 bits per heavy atom. The zero-order valence-electron chi connectivity index (χ0n) is 12.9. The van der Waals surface area contributed by atoms with Crippen molar-refractivity contribution in [1.29, 1.82) is 0 Å². The van der Waals surface area contributed by atoms with Crippen molar-refractivity contribution in [3.63, 3.8) is 0 Å². The molecule has 0 unspecified atom stereocenters. The van der Waals surface area contributed by atoms with Crippen LogP contribution in [0.2, 0.25) is 0 Å². The van der Waals surface area contributed by atoms with E-state index in [1.54, 1.807) is 4.90 Å². The third-order valence-electron chi connectivity index (χ3n) is 4.64. The van der Waals surface area contributed by atoms with Gasteiger partial charge in [-0.05, 0) is 26.2 Å². The summed E-state index contributed by atoms with van der Waals surface area (Å²) in [6.07, 6.45) is 5.26. The topological polar surface area (TPSA) is 93.2 Å². The molecule has 2 aliphatic heterocycles. The number of amides is 3. The molecular weight excluding hydrogens is 282 g/mol. The molecule has 0 spiro atoms. The fourth-order valence-electron chi connectivity index (χ4n) is 3.39. The number of urea groups is 1. The van der Waals surface area contributed by atoms with Crippen LogP contribution < -0.4 is 11.1 Å². The minimum absolute atomic E-state index is 0.0125. The minimum Gasteiger partial charge on any atom is -0.351 e. The van der Waals surface area contributed by atoms with E-state index in [4.69, 9.17) is 5.73 Å². The van der Waals surface area contributed by atoms with Gasteiger partial charge < -0.3 is 20.5 Å². The van der Waals surface area contributed by atoms with Gasteiger partial charge in [-0.3, -0.25) is 4.79 Å². The molecule has 1 saturated heterocycles. The van der Waals surface area contributed by atoms with Crippen LogP contribution in [0, 0.1) is 12.8 Å². The van der Waals surface area contributed by atoms with Gasteiger partial charge in [0.1, 0.15) is 5.82 Å². The molecule has 0 aromatic carbocycles. The summed E-state index contributed by atoms with van der Waals surface area (Å²) >= 11 is 0. The highest BCUT2D eigenvalue weighted by molar-refractivity contribution is 5.79. The SMILES string of the molecule is Cc1cn2c(n1)CC[C@@H](NC(=O)C1CCN(C(N)=O)CC1)C2. The fraction of sp³-hybridized carbons (Fsp3) is 0.667. The predicted molar refractivity (Wildman–Crippen MR) is 81.1 cm³/mol. The molecule has 1 aromatic rings. The Bertz CT molecular complexity index is 574. The van der Waals surface area contributed by atoms with E-state index >= 15 is 0 Å². The number of likely N-dealkylation sites (tertiary alicyclic amines) is 1. The van der Waals surface area contributed by atoms with Crippen molar-refractivity contribution in [2.24, 2.45) is 11.7 Å². The van der Waals surface area contributed by atoms with Gasteiger partial charge in [0.25, 0.3) is 0 Å². The highest BCUT2D eigenvalue weighted by Gasteiger charge is 2.29. The van der Waals surface area contributed by atoms with Crippen LogP contribution in [0.1, 0.15) is 30.8 Å². The largest absolute Gasteiger partial charge is 0.351 e. The average molecular weight is 305 g/mol. The number of hydrogen-bond acceptors (Lipinski definition) is 3. The number of nitrogens with two attached hydrogens (primary N) is 1. The van der Waals surface area contributed by atoms with Crippen LogP contribution >= 0.6 is 0 Å². The molecule has 3 heterocycles. The summed E-state index contributed by atoms with van der Waals surface area (Å²) in [6, 6.07) is -0.225. The van der Waals surface area contributed by atoms with Crippen LogP contribution in [0.4, 0.5) is 4.79 Å². The van der Waals surface area contributed by atoms with Crippen LogP contribution in [-0.2, 0) is 17.8 Å². The summed E-state index contributed by atoms with van der Waals surface area (Å²) in [6.45, 7) is 3.93. The average Bonchev–Trinajstić information content (AvgIpc) is 2.86. The number of carbonyl (C=O) groups is 2. The number of piperidine rings is 1. The van der Waals surface area contributed by atoms with Crippen molar-refractivity contribution in [2.75, 3.05) is 13.1 Å². The third kappa shape index (κ3) is 3.08. The fourth-order valence-corrected chi connectivity index (χ4v) is 3.39. The lowest BCUT2D eigenvalue weighted by Crippen LogP contribution is -2.48. The summed E-state index contributed by atoms with van der Waals surface area (Å²) in [5, 5.41) is 3.16. The van der Waals surface area contributed by atoms with Gasteiger partial charge in [0, 0.05) is 44.2 Å². The number of fused-ring (bicyclic) bond motifs is 1. The Balaban J connectivity index is 1.52. The Hall–Kier alpha value is -2.05. The quantitative estimate of drug-likeness (QED) is 0.829. The van der Waals surface area contributed by atoms with Gasteiger partial charge in [0.2, 0.25) is 5.91 Å². The van der Waals surface area contributed by atoms with E-state index in [2.05, 4.69) is 14.9 Å². The smallest absolute Gasteiger partial charge is 0.314 e. The number of rotatable bonds is 2. The molecule has 22 heavy (non-hydrogen) atoms. The number of aromatic nitrogens is 2. The number of aryl methyl sites for hydroxylation is 2. The van der Waals surface area contributed by atoms with Crippen molar-refractivity contribution in [3.05, 3.63) is 17.7 Å². The van der Waals surface area contributed by atoms with Crippen molar-refractivity contribution < 1.29 is 9.59 Å². The molecule has 3 N–H and O–H groups in total. The summed E-state index contributed by atoms with van der Waals surface area (Å²) in [5.74, 6) is 1.20. The first kappa shape index (κ1) is 14.9. The van der Waals surface area contributed by atoms with Gasteiger partial charge in [-0.25, -0.2) is 9.78 Å². The number of primary amides is 1. The second kappa shape index (κ2) is 5.98. The van der Waals surface area contributed by atoms with Crippen LogP contribution in [0.25, 0.3) is 0 Å². The molecule has 3 rings (SSSR count). The lowest BCUT2D eigenvalue weighted by atomic mass is 9.95. The summed E-state index contributed by atoms with van der Waals surface area (Å²) in [5.41, 5.74) is 6.29. The van der Waals surface area contributed by atoms with Gasteiger partial charge in [0.05, 0.1) is 5.69 Å². The Labute approximate surface area is 129 Å². The molecule has 7 nitrogen and oxygen atoms in total. The Morgan fingerprint density at radius 2 is 2.05 bits per heavy atom. The number of hydrogen-bond donors (Lipinski definition) is 2. The number of imidazole rings is 1. The van der Waals surface area contributed by atoms with E-state index in [-0.39, 0.29) is 17.9 Å². The van der Waals surface area contributed by atoms with Gasteiger partial charge in [-0.1, -0.05) is 0 Å². The van der Waals surface area contributed by atoms with Crippen LogP contribution in [0.15, 0.2) is 6.20 Å². The first-order valence-electron chi connectivity index (χ1n) is 7.90. The standard InChI is InChI=1S/C15H23N5O2/c1-10-8-20-9-12(2-3-13(20)17-10)18-14(21)11-4-6-19(7-5-11)15(16)22/h8,11-12H,2-7,9H2,1H3,(H2,16,22)(H,18,21)/t12-/m1/s1. The van der Waals surface area contributed by atoms with E-state index in [9.17, 15) is 9.59 Å². The second-order valence-corrected chi connectivity index (χ2v) is 6.29. The van der Waals surface area contributed by atoms with E-state index in [1.165, 1.54) is 0 Å². The molecule has 1 aromatic heterocycles. The van der Waals surface area contributed by atoms with Crippen molar-refractivity contribution in [3.8, 4) is 0 Å².